The molecular formula is C14H15N5OS. The van der Waals surface area contributed by atoms with Gasteiger partial charge in [-0.15, -0.1) is 11.3 Å². The molecule has 7 heteroatoms. The summed E-state index contributed by atoms with van der Waals surface area (Å²) in [5.74, 6) is 0.991. The molecule has 3 aromatic heterocycles. The Morgan fingerprint density at radius 3 is 3.10 bits per heavy atom. The minimum Gasteiger partial charge on any atom is -0.394 e. The second-order valence-electron chi connectivity index (χ2n) is 5.21. The van der Waals surface area contributed by atoms with Crippen LogP contribution in [0, 0.1) is 6.92 Å². The molecule has 0 bridgehead atoms. The second kappa shape index (κ2) is 4.78. The van der Waals surface area contributed by atoms with E-state index in [-0.39, 0.29) is 6.61 Å². The van der Waals surface area contributed by atoms with Gasteiger partial charge in [-0.3, -0.25) is 4.68 Å². The first kappa shape index (κ1) is 12.7. The van der Waals surface area contributed by atoms with Crippen LogP contribution < -0.4 is 4.90 Å². The fourth-order valence-corrected chi connectivity index (χ4v) is 3.85. The van der Waals surface area contributed by atoms with E-state index in [1.165, 1.54) is 16.8 Å². The first-order valence-corrected chi connectivity index (χ1v) is 7.74. The first-order valence-electron chi connectivity index (χ1n) is 6.86. The Labute approximate surface area is 125 Å². The molecule has 21 heavy (non-hydrogen) atoms. The van der Waals surface area contributed by atoms with Crippen molar-refractivity contribution in [2.75, 3.05) is 11.5 Å². The highest BCUT2D eigenvalue weighted by atomic mass is 32.1. The van der Waals surface area contributed by atoms with Crippen molar-refractivity contribution in [2.24, 2.45) is 0 Å². The van der Waals surface area contributed by atoms with E-state index in [4.69, 9.17) is 5.11 Å². The van der Waals surface area contributed by atoms with Crippen molar-refractivity contribution in [3.8, 4) is 0 Å². The van der Waals surface area contributed by atoms with Crippen molar-refractivity contribution in [3.63, 3.8) is 0 Å². The quantitative estimate of drug-likeness (QED) is 0.797. The van der Waals surface area contributed by atoms with E-state index < -0.39 is 0 Å². The molecule has 1 N–H and O–H groups in total. The normalized spacial score (nSPS) is 14.1. The van der Waals surface area contributed by atoms with E-state index in [9.17, 15) is 0 Å². The third-order valence-electron chi connectivity index (χ3n) is 3.86. The Bertz CT molecular complexity index is 809. The van der Waals surface area contributed by atoms with E-state index in [0.717, 1.165) is 29.1 Å². The zero-order valence-corrected chi connectivity index (χ0v) is 12.5. The monoisotopic (exact) mass is 301 g/mol. The number of anilines is 1. The molecule has 1 aliphatic rings. The van der Waals surface area contributed by atoms with Gasteiger partial charge in [0.1, 0.15) is 6.33 Å². The van der Waals surface area contributed by atoms with E-state index in [1.807, 2.05) is 10.9 Å². The molecule has 6 nitrogen and oxygen atoms in total. The maximum atomic E-state index is 9.10. The molecule has 0 saturated carbocycles. The number of hydrogen-bond acceptors (Lipinski definition) is 6. The van der Waals surface area contributed by atoms with Crippen LogP contribution >= 0.6 is 11.3 Å². The van der Waals surface area contributed by atoms with Crippen molar-refractivity contribution in [3.05, 3.63) is 34.7 Å². The van der Waals surface area contributed by atoms with Gasteiger partial charge in [0.05, 0.1) is 41.8 Å². The minimum absolute atomic E-state index is 0.107. The predicted molar refractivity (Wildman–Crippen MR) is 81.4 cm³/mol. The standard InChI is InChI=1S/C14H15N5OS/c1-9-7-21-13-12(9)15-8-16-14(13)18-5-10-4-17-19(2-3-20)11(10)6-18/h4,7-8,20H,2-3,5-6H2,1H3. The highest BCUT2D eigenvalue weighted by Crippen LogP contribution is 2.35. The Balaban J connectivity index is 1.72. The number of nitrogens with zero attached hydrogens (tertiary/aromatic N) is 5. The van der Waals surface area contributed by atoms with Crippen LogP contribution in [0.3, 0.4) is 0 Å². The van der Waals surface area contributed by atoms with Gasteiger partial charge in [-0.05, 0) is 17.9 Å². The van der Waals surface area contributed by atoms with Crippen LogP contribution in [-0.2, 0) is 19.6 Å². The van der Waals surface area contributed by atoms with E-state index in [2.05, 4.69) is 32.3 Å². The number of aryl methyl sites for hydroxylation is 1. The van der Waals surface area contributed by atoms with Crippen LogP contribution in [0.1, 0.15) is 16.8 Å². The van der Waals surface area contributed by atoms with Gasteiger partial charge in [-0.25, -0.2) is 9.97 Å². The number of rotatable bonds is 3. The van der Waals surface area contributed by atoms with Crippen LogP contribution in [0.5, 0.6) is 0 Å². The lowest BCUT2D eigenvalue weighted by Gasteiger charge is -2.17. The number of aliphatic hydroxyl groups excluding tert-OH is 1. The lowest BCUT2D eigenvalue weighted by molar-refractivity contribution is 0.267. The number of thiophene rings is 1. The Morgan fingerprint density at radius 2 is 2.24 bits per heavy atom. The maximum absolute atomic E-state index is 9.10. The topological polar surface area (TPSA) is 67.1 Å². The van der Waals surface area contributed by atoms with Crippen LogP contribution in [0.15, 0.2) is 17.9 Å². The summed E-state index contributed by atoms with van der Waals surface area (Å²) in [4.78, 5) is 11.1. The smallest absolute Gasteiger partial charge is 0.150 e. The van der Waals surface area contributed by atoms with Crippen LogP contribution in [0.4, 0.5) is 5.82 Å². The summed E-state index contributed by atoms with van der Waals surface area (Å²) in [6.45, 7) is 4.31. The lowest BCUT2D eigenvalue weighted by atomic mass is 10.3. The van der Waals surface area contributed by atoms with E-state index >= 15 is 0 Å². The minimum atomic E-state index is 0.107. The van der Waals surface area contributed by atoms with Crippen LogP contribution in [0.2, 0.25) is 0 Å². The van der Waals surface area contributed by atoms with Crippen molar-refractivity contribution in [1.82, 2.24) is 19.7 Å². The van der Waals surface area contributed by atoms with Crippen LogP contribution in [-0.4, -0.2) is 31.5 Å². The Morgan fingerprint density at radius 1 is 1.33 bits per heavy atom. The molecule has 0 saturated heterocycles. The van der Waals surface area contributed by atoms with Crippen molar-refractivity contribution in [1.29, 1.82) is 0 Å². The summed E-state index contributed by atoms with van der Waals surface area (Å²) in [5.41, 5.74) is 4.62. The van der Waals surface area contributed by atoms with Gasteiger partial charge < -0.3 is 10.0 Å². The number of hydrogen-bond donors (Lipinski definition) is 1. The number of fused-ring (bicyclic) bond motifs is 2. The summed E-state index contributed by atoms with van der Waals surface area (Å²) in [6.07, 6.45) is 3.53. The summed E-state index contributed by atoms with van der Waals surface area (Å²) < 4.78 is 3.02. The Kier molecular flexibility index (Phi) is 2.90. The van der Waals surface area contributed by atoms with Gasteiger partial charge in [0.15, 0.2) is 5.82 Å². The SMILES string of the molecule is Cc1csc2c(N3Cc4cnn(CCO)c4C3)ncnc12. The number of aromatic nitrogens is 4. The van der Waals surface area contributed by atoms with Gasteiger partial charge in [-0.2, -0.15) is 5.10 Å². The van der Waals surface area contributed by atoms with Gasteiger partial charge >= 0.3 is 0 Å². The molecule has 0 radical (unpaired) electrons. The highest BCUT2D eigenvalue weighted by Gasteiger charge is 2.26. The summed E-state index contributed by atoms with van der Waals surface area (Å²) in [5, 5.41) is 15.5. The van der Waals surface area contributed by atoms with Gasteiger partial charge in [0.25, 0.3) is 0 Å². The number of aliphatic hydroxyl groups is 1. The van der Waals surface area contributed by atoms with E-state index in [0.29, 0.717) is 6.54 Å². The third-order valence-corrected chi connectivity index (χ3v) is 4.94. The average Bonchev–Trinajstić information content (AvgIpc) is 3.16. The zero-order chi connectivity index (χ0) is 14.4. The molecule has 108 valence electrons. The zero-order valence-electron chi connectivity index (χ0n) is 11.7. The largest absolute Gasteiger partial charge is 0.394 e. The summed E-state index contributed by atoms with van der Waals surface area (Å²) >= 11 is 1.69. The fourth-order valence-electron chi connectivity index (χ4n) is 2.83. The Hall–Kier alpha value is -1.99. The molecule has 0 unspecified atom stereocenters. The molecule has 3 aromatic rings. The fraction of sp³-hybridized carbons (Fsp3) is 0.357. The molecule has 0 fully saturated rings. The molecule has 0 aliphatic carbocycles. The van der Waals surface area contributed by atoms with Gasteiger partial charge in [0.2, 0.25) is 0 Å². The first-order chi connectivity index (χ1) is 10.3. The third kappa shape index (κ3) is 1.92. The molecule has 0 spiro atoms. The van der Waals surface area contributed by atoms with Gasteiger partial charge in [-0.1, -0.05) is 0 Å². The van der Waals surface area contributed by atoms with Crippen molar-refractivity contribution >= 4 is 27.4 Å². The lowest BCUT2D eigenvalue weighted by Crippen LogP contribution is -2.18. The van der Waals surface area contributed by atoms with Gasteiger partial charge in [0, 0.05) is 12.1 Å². The predicted octanol–water partition coefficient (Wildman–Crippen LogP) is 1.71. The molecule has 4 heterocycles. The van der Waals surface area contributed by atoms with Crippen LogP contribution in [0.25, 0.3) is 10.2 Å². The van der Waals surface area contributed by atoms with Crippen molar-refractivity contribution in [2.45, 2.75) is 26.6 Å². The molecule has 0 amide bonds. The molecule has 4 rings (SSSR count). The highest BCUT2D eigenvalue weighted by molar-refractivity contribution is 7.18. The molecule has 0 atom stereocenters. The summed E-state index contributed by atoms with van der Waals surface area (Å²) in [7, 11) is 0. The van der Waals surface area contributed by atoms with Crippen molar-refractivity contribution < 1.29 is 5.11 Å². The maximum Gasteiger partial charge on any atom is 0.150 e. The second-order valence-corrected chi connectivity index (χ2v) is 6.09. The average molecular weight is 301 g/mol. The van der Waals surface area contributed by atoms with E-state index in [1.54, 1.807) is 17.7 Å². The molecule has 0 aromatic carbocycles. The molecule has 1 aliphatic heterocycles. The molecular weight excluding hydrogens is 286 g/mol. The summed E-state index contributed by atoms with van der Waals surface area (Å²) in [6, 6.07) is 0.